The van der Waals surface area contributed by atoms with Gasteiger partial charge in [0.25, 0.3) is 0 Å². The third-order valence-corrected chi connectivity index (χ3v) is 3.78. The summed E-state index contributed by atoms with van der Waals surface area (Å²) in [5, 5.41) is 3.52. The predicted molar refractivity (Wildman–Crippen MR) is 83.3 cm³/mol. The van der Waals surface area contributed by atoms with Crippen molar-refractivity contribution in [1.29, 1.82) is 0 Å². The Kier molecular flexibility index (Phi) is 5.00. The maximum atomic E-state index is 5.55. The number of rotatable bonds is 4. The third-order valence-electron chi connectivity index (χ3n) is 3.78. The molecule has 1 aliphatic heterocycles. The van der Waals surface area contributed by atoms with Crippen LogP contribution in [-0.4, -0.2) is 36.8 Å². The summed E-state index contributed by atoms with van der Waals surface area (Å²) < 4.78 is 5.55. The Morgan fingerprint density at radius 1 is 1.45 bits per heavy atom. The minimum Gasteiger partial charge on any atom is -0.377 e. The maximum absolute atomic E-state index is 5.55. The first-order chi connectivity index (χ1) is 9.49. The molecule has 4 heteroatoms. The summed E-state index contributed by atoms with van der Waals surface area (Å²) >= 11 is 0. The molecule has 0 radical (unpaired) electrons. The Labute approximate surface area is 122 Å². The summed E-state index contributed by atoms with van der Waals surface area (Å²) in [6.45, 7) is 14.2. The molecule has 1 fully saturated rings. The molecule has 20 heavy (non-hydrogen) atoms. The molecule has 4 nitrogen and oxygen atoms in total. The number of hydrogen-bond acceptors (Lipinski definition) is 4. The van der Waals surface area contributed by atoms with Gasteiger partial charge in [-0.25, -0.2) is 4.98 Å². The topological polar surface area (TPSA) is 37.4 Å². The molecular formula is C16H27N3O. The molecule has 1 aliphatic rings. The van der Waals surface area contributed by atoms with Crippen molar-refractivity contribution in [2.24, 2.45) is 0 Å². The molecule has 1 atom stereocenters. The summed E-state index contributed by atoms with van der Waals surface area (Å²) in [6.07, 6.45) is 0. The van der Waals surface area contributed by atoms with Crippen molar-refractivity contribution in [2.75, 3.05) is 24.7 Å². The average Bonchev–Trinajstić information content (AvgIpc) is 2.37. The largest absolute Gasteiger partial charge is 0.377 e. The average molecular weight is 277 g/mol. The van der Waals surface area contributed by atoms with Crippen LogP contribution in [0.5, 0.6) is 0 Å². The van der Waals surface area contributed by atoms with Crippen molar-refractivity contribution in [3.63, 3.8) is 0 Å². The molecule has 1 aromatic heterocycles. The highest BCUT2D eigenvalue weighted by Crippen LogP contribution is 2.25. The number of nitrogens with zero attached hydrogens (tertiary/aromatic N) is 2. The lowest BCUT2D eigenvalue weighted by atomic mass is 10.1. The Morgan fingerprint density at radius 2 is 2.20 bits per heavy atom. The van der Waals surface area contributed by atoms with Gasteiger partial charge < -0.3 is 15.0 Å². The van der Waals surface area contributed by atoms with E-state index in [1.165, 1.54) is 11.1 Å². The van der Waals surface area contributed by atoms with Crippen molar-refractivity contribution in [1.82, 2.24) is 10.3 Å². The van der Waals surface area contributed by atoms with Crippen LogP contribution in [0.4, 0.5) is 5.82 Å². The summed E-state index contributed by atoms with van der Waals surface area (Å²) in [6, 6.07) is 3.03. The van der Waals surface area contributed by atoms with Gasteiger partial charge in [-0.2, -0.15) is 0 Å². The maximum Gasteiger partial charge on any atom is 0.134 e. The zero-order valence-corrected chi connectivity index (χ0v) is 13.4. The Bertz CT molecular complexity index is 459. The first-order valence-corrected chi connectivity index (χ1v) is 7.54. The van der Waals surface area contributed by atoms with Crippen LogP contribution in [0.3, 0.4) is 0 Å². The van der Waals surface area contributed by atoms with Crippen LogP contribution in [0.1, 0.15) is 37.6 Å². The molecule has 2 heterocycles. The van der Waals surface area contributed by atoms with Gasteiger partial charge in [-0.3, -0.25) is 0 Å². The van der Waals surface area contributed by atoms with Crippen LogP contribution >= 0.6 is 0 Å². The van der Waals surface area contributed by atoms with E-state index in [1.807, 2.05) is 0 Å². The zero-order chi connectivity index (χ0) is 14.7. The van der Waals surface area contributed by atoms with Crippen molar-refractivity contribution >= 4 is 5.82 Å². The molecule has 0 bridgehead atoms. The SMILES string of the molecule is Cc1cc(C)c(CNC(C)C)c(N2CCOCC2C)n1. The second-order valence-electron chi connectivity index (χ2n) is 6.04. The molecule has 1 aromatic rings. The van der Waals surface area contributed by atoms with Gasteiger partial charge in [0.1, 0.15) is 5.82 Å². The molecule has 0 aliphatic carbocycles. The first-order valence-electron chi connectivity index (χ1n) is 7.54. The number of pyridine rings is 1. The van der Waals surface area contributed by atoms with E-state index in [0.29, 0.717) is 12.1 Å². The quantitative estimate of drug-likeness (QED) is 0.917. The summed E-state index contributed by atoms with van der Waals surface area (Å²) in [7, 11) is 0. The van der Waals surface area contributed by atoms with Crippen LogP contribution in [0, 0.1) is 13.8 Å². The second kappa shape index (κ2) is 6.55. The number of nitrogens with one attached hydrogen (secondary N) is 1. The van der Waals surface area contributed by atoms with Crippen LogP contribution in [0.15, 0.2) is 6.07 Å². The summed E-state index contributed by atoms with van der Waals surface area (Å²) in [5.74, 6) is 1.13. The third kappa shape index (κ3) is 3.49. The minimum atomic E-state index is 0.384. The lowest BCUT2D eigenvalue weighted by Crippen LogP contribution is -2.45. The molecule has 112 valence electrons. The van der Waals surface area contributed by atoms with E-state index in [4.69, 9.17) is 9.72 Å². The number of anilines is 1. The van der Waals surface area contributed by atoms with Crippen LogP contribution in [0.2, 0.25) is 0 Å². The number of ether oxygens (including phenoxy) is 1. The fraction of sp³-hybridized carbons (Fsp3) is 0.688. The lowest BCUT2D eigenvalue weighted by Gasteiger charge is -2.36. The van der Waals surface area contributed by atoms with Crippen molar-refractivity contribution in [3.8, 4) is 0 Å². The highest BCUT2D eigenvalue weighted by atomic mass is 16.5. The van der Waals surface area contributed by atoms with Crippen LogP contribution < -0.4 is 10.2 Å². The van der Waals surface area contributed by atoms with Gasteiger partial charge in [0.05, 0.1) is 19.3 Å². The summed E-state index contributed by atoms with van der Waals surface area (Å²) in [5.41, 5.74) is 3.72. The predicted octanol–water partition coefficient (Wildman–Crippen LogP) is 2.42. The van der Waals surface area contributed by atoms with E-state index in [9.17, 15) is 0 Å². The van der Waals surface area contributed by atoms with Crippen molar-refractivity contribution < 1.29 is 4.74 Å². The van der Waals surface area contributed by atoms with Gasteiger partial charge in [-0.1, -0.05) is 13.8 Å². The molecule has 1 N–H and O–H groups in total. The van der Waals surface area contributed by atoms with E-state index in [-0.39, 0.29) is 0 Å². The standard InChI is InChI=1S/C16H27N3O/c1-11(2)17-9-15-12(3)8-13(4)18-16(15)19-6-7-20-10-14(19)5/h8,11,14,17H,6-7,9-10H2,1-5H3. The van der Waals surface area contributed by atoms with E-state index in [1.54, 1.807) is 0 Å². The molecule has 0 aromatic carbocycles. The minimum absolute atomic E-state index is 0.384. The van der Waals surface area contributed by atoms with Gasteiger partial charge in [0.15, 0.2) is 0 Å². The van der Waals surface area contributed by atoms with Gasteiger partial charge >= 0.3 is 0 Å². The van der Waals surface area contributed by atoms with Gasteiger partial charge in [0.2, 0.25) is 0 Å². The molecule has 1 unspecified atom stereocenters. The molecule has 0 amide bonds. The lowest BCUT2D eigenvalue weighted by molar-refractivity contribution is 0.0984. The molecule has 2 rings (SSSR count). The summed E-state index contributed by atoms with van der Waals surface area (Å²) in [4.78, 5) is 7.21. The molecule has 0 saturated carbocycles. The van der Waals surface area contributed by atoms with Gasteiger partial charge in [-0.15, -0.1) is 0 Å². The second-order valence-corrected chi connectivity index (χ2v) is 6.04. The Balaban J connectivity index is 2.33. The van der Waals surface area contributed by atoms with Gasteiger partial charge in [-0.05, 0) is 32.4 Å². The monoisotopic (exact) mass is 277 g/mol. The Hall–Kier alpha value is -1.13. The first kappa shape index (κ1) is 15.3. The number of aromatic nitrogens is 1. The Morgan fingerprint density at radius 3 is 2.85 bits per heavy atom. The van der Waals surface area contributed by atoms with Crippen LogP contribution in [0.25, 0.3) is 0 Å². The van der Waals surface area contributed by atoms with E-state index < -0.39 is 0 Å². The fourth-order valence-electron chi connectivity index (χ4n) is 2.65. The molecule has 1 saturated heterocycles. The highest BCUT2D eigenvalue weighted by molar-refractivity contribution is 5.52. The number of hydrogen-bond donors (Lipinski definition) is 1. The van der Waals surface area contributed by atoms with E-state index in [0.717, 1.165) is 37.8 Å². The zero-order valence-electron chi connectivity index (χ0n) is 13.4. The van der Waals surface area contributed by atoms with Crippen molar-refractivity contribution in [2.45, 2.75) is 53.2 Å². The fourth-order valence-corrected chi connectivity index (χ4v) is 2.65. The van der Waals surface area contributed by atoms with E-state index in [2.05, 4.69) is 50.9 Å². The van der Waals surface area contributed by atoms with E-state index >= 15 is 0 Å². The number of morpholine rings is 1. The van der Waals surface area contributed by atoms with Crippen molar-refractivity contribution in [3.05, 3.63) is 22.9 Å². The molecular weight excluding hydrogens is 250 g/mol. The van der Waals surface area contributed by atoms with Crippen LogP contribution in [-0.2, 0) is 11.3 Å². The molecule has 0 spiro atoms. The highest BCUT2D eigenvalue weighted by Gasteiger charge is 2.23. The normalized spacial score (nSPS) is 19.7. The smallest absolute Gasteiger partial charge is 0.134 e. The number of aryl methyl sites for hydroxylation is 2. The van der Waals surface area contributed by atoms with Gasteiger partial charge in [0, 0.05) is 30.4 Å².